The maximum Gasteiger partial charge on any atom is 0.318 e. The van der Waals surface area contributed by atoms with Crippen LogP contribution in [-0.4, -0.2) is 17.2 Å². The van der Waals surface area contributed by atoms with Crippen LogP contribution >= 0.6 is 11.8 Å². The molecular weight excluding hydrogens is 236 g/mol. The number of amides is 3. The largest absolute Gasteiger partial charge is 0.351 e. The van der Waals surface area contributed by atoms with Crippen molar-refractivity contribution in [1.29, 1.82) is 0 Å². The van der Waals surface area contributed by atoms with Gasteiger partial charge in [0.1, 0.15) is 0 Å². The van der Waals surface area contributed by atoms with Crippen LogP contribution in [0.3, 0.4) is 0 Å². The van der Waals surface area contributed by atoms with Crippen LogP contribution in [0.2, 0.25) is 0 Å². The highest BCUT2D eigenvalue weighted by molar-refractivity contribution is 8.00. The molecule has 0 heterocycles. The fraction of sp³-hybridized carbons (Fsp3) is 0.333. The smallest absolute Gasteiger partial charge is 0.318 e. The molecule has 5 heteroatoms. The third kappa shape index (κ3) is 4.11. The van der Waals surface area contributed by atoms with Crippen molar-refractivity contribution in [3.63, 3.8) is 0 Å². The molecule has 3 N–H and O–H groups in total. The summed E-state index contributed by atoms with van der Waals surface area (Å²) in [5.41, 5.74) is 7.28. The number of nitrogens with two attached hydrogens (primary N) is 1. The van der Waals surface area contributed by atoms with E-state index < -0.39 is 6.03 Å². The normalized spacial score (nSPS) is 11.9. The molecule has 0 bridgehead atoms. The standard InChI is InChI=1S/C12H16N2O2S/c1-7-4-5-10(6-8(7)2)17-9(3)11(15)14-12(13)16/h4-6,9H,1-3H3,(H3,13,14,15,16)/t9-/m1/s1. The van der Waals surface area contributed by atoms with Gasteiger partial charge in [0.2, 0.25) is 5.91 Å². The van der Waals surface area contributed by atoms with Gasteiger partial charge in [0, 0.05) is 4.90 Å². The molecule has 0 unspecified atom stereocenters. The van der Waals surface area contributed by atoms with Crippen LogP contribution in [0.25, 0.3) is 0 Å². The zero-order valence-corrected chi connectivity index (χ0v) is 10.9. The van der Waals surface area contributed by atoms with Gasteiger partial charge >= 0.3 is 6.03 Å². The highest BCUT2D eigenvalue weighted by atomic mass is 32.2. The number of primary amides is 1. The number of rotatable bonds is 3. The van der Waals surface area contributed by atoms with Crippen LogP contribution in [0.1, 0.15) is 18.1 Å². The van der Waals surface area contributed by atoms with Crippen molar-refractivity contribution in [2.45, 2.75) is 30.9 Å². The van der Waals surface area contributed by atoms with Crippen molar-refractivity contribution in [1.82, 2.24) is 5.32 Å². The summed E-state index contributed by atoms with van der Waals surface area (Å²) in [6, 6.07) is 5.17. The van der Waals surface area contributed by atoms with E-state index in [0.717, 1.165) is 4.90 Å². The second-order valence-corrected chi connectivity index (χ2v) is 5.27. The number of hydrogen-bond donors (Lipinski definition) is 2. The molecule has 0 aliphatic carbocycles. The summed E-state index contributed by atoms with van der Waals surface area (Å²) in [7, 11) is 0. The maximum atomic E-state index is 11.5. The van der Waals surface area contributed by atoms with Gasteiger partial charge in [-0.15, -0.1) is 11.8 Å². The van der Waals surface area contributed by atoms with Crippen LogP contribution in [0, 0.1) is 13.8 Å². The van der Waals surface area contributed by atoms with Crippen LogP contribution in [0.5, 0.6) is 0 Å². The number of nitrogens with one attached hydrogen (secondary N) is 1. The SMILES string of the molecule is Cc1ccc(S[C@H](C)C(=O)NC(N)=O)cc1C. The predicted octanol–water partition coefficient (Wildman–Crippen LogP) is 1.98. The van der Waals surface area contributed by atoms with Gasteiger partial charge in [-0.1, -0.05) is 6.07 Å². The van der Waals surface area contributed by atoms with Crippen molar-refractivity contribution in [2.75, 3.05) is 0 Å². The number of hydrogen-bond acceptors (Lipinski definition) is 3. The molecule has 0 saturated carbocycles. The lowest BCUT2D eigenvalue weighted by atomic mass is 10.1. The van der Waals surface area contributed by atoms with Crippen molar-refractivity contribution in [2.24, 2.45) is 5.73 Å². The van der Waals surface area contributed by atoms with Gasteiger partial charge in [-0.3, -0.25) is 10.1 Å². The molecule has 1 aromatic rings. The lowest BCUT2D eigenvalue weighted by Gasteiger charge is -2.11. The Morgan fingerprint density at radius 3 is 2.47 bits per heavy atom. The summed E-state index contributed by atoms with van der Waals surface area (Å²) >= 11 is 1.40. The Morgan fingerprint density at radius 1 is 1.29 bits per heavy atom. The number of thioether (sulfide) groups is 1. The Hall–Kier alpha value is -1.49. The molecule has 4 nitrogen and oxygen atoms in total. The Morgan fingerprint density at radius 2 is 1.94 bits per heavy atom. The average molecular weight is 252 g/mol. The van der Waals surface area contributed by atoms with Crippen LogP contribution in [0.15, 0.2) is 23.1 Å². The number of carbonyl (C=O) groups is 2. The summed E-state index contributed by atoms with van der Waals surface area (Å²) in [4.78, 5) is 23.0. The summed E-state index contributed by atoms with van der Waals surface area (Å²) in [6.07, 6.45) is 0. The lowest BCUT2D eigenvalue weighted by molar-refractivity contribution is -0.119. The minimum absolute atomic E-state index is 0.357. The maximum absolute atomic E-state index is 11.5. The van der Waals surface area contributed by atoms with E-state index in [-0.39, 0.29) is 11.2 Å². The van der Waals surface area contributed by atoms with Crippen LogP contribution in [-0.2, 0) is 4.79 Å². The minimum Gasteiger partial charge on any atom is -0.351 e. The van der Waals surface area contributed by atoms with E-state index in [2.05, 4.69) is 5.32 Å². The predicted molar refractivity (Wildman–Crippen MR) is 69.0 cm³/mol. The van der Waals surface area contributed by atoms with E-state index in [1.54, 1.807) is 6.92 Å². The minimum atomic E-state index is -0.817. The third-order valence-corrected chi connectivity index (χ3v) is 3.50. The topological polar surface area (TPSA) is 72.2 Å². The molecule has 1 atom stereocenters. The Labute approximate surface area is 105 Å². The van der Waals surface area contributed by atoms with Gasteiger partial charge in [-0.2, -0.15) is 0 Å². The molecular formula is C12H16N2O2S. The highest BCUT2D eigenvalue weighted by Gasteiger charge is 2.15. The number of benzene rings is 1. The van der Waals surface area contributed by atoms with E-state index in [0.29, 0.717) is 0 Å². The van der Waals surface area contributed by atoms with Gasteiger partial charge in [-0.05, 0) is 44.0 Å². The first kappa shape index (κ1) is 13.6. The molecule has 17 heavy (non-hydrogen) atoms. The molecule has 0 saturated heterocycles. The second-order valence-electron chi connectivity index (χ2n) is 3.86. The molecule has 0 aliphatic rings. The van der Waals surface area contributed by atoms with Gasteiger partial charge in [0.05, 0.1) is 5.25 Å². The summed E-state index contributed by atoms with van der Waals surface area (Å²) in [6.45, 7) is 5.79. The number of carbonyl (C=O) groups excluding carboxylic acids is 2. The molecule has 0 aliphatic heterocycles. The van der Waals surface area contributed by atoms with Crippen molar-refractivity contribution >= 4 is 23.7 Å². The first-order valence-corrected chi connectivity index (χ1v) is 6.12. The second kappa shape index (κ2) is 5.72. The monoisotopic (exact) mass is 252 g/mol. The lowest BCUT2D eigenvalue weighted by Crippen LogP contribution is -2.39. The number of urea groups is 1. The first-order valence-electron chi connectivity index (χ1n) is 5.24. The Kier molecular flexibility index (Phi) is 4.57. The van der Waals surface area contributed by atoms with E-state index in [9.17, 15) is 9.59 Å². The van der Waals surface area contributed by atoms with Gasteiger partial charge in [-0.25, -0.2) is 4.79 Å². The number of aryl methyl sites for hydroxylation is 2. The summed E-state index contributed by atoms with van der Waals surface area (Å²) in [5, 5.41) is 1.71. The molecule has 0 fully saturated rings. The Bertz CT molecular complexity index is 446. The molecule has 1 rings (SSSR count). The van der Waals surface area contributed by atoms with E-state index in [1.165, 1.54) is 22.9 Å². The highest BCUT2D eigenvalue weighted by Crippen LogP contribution is 2.25. The number of imide groups is 1. The summed E-state index contributed by atoms with van der Waals surface area (Å²) < 4.78 is 0. The zero-order chi connectivity index (χ0) is 13.0. The average Bonchev–Trinajstić information content (AvgIpc) is 2.22. The fourth-order valence-corrected chi connectivity index (χ4v) is 2.23. The van der Waals surface area contributed by atoms with Gasteiger partial charge < -0.3 is 5.73 Å². The zero-order valence-electron chi connectivity index (χ0n) is 10.1. The Balaban J connectivity index is 2.67. The van der Waals surface area contributed by atoms with Gasteiger partial charge in [0.15, 0.2) is 0 Å². The quantitative estimate of drug-likeness (QED) is 0.808. The van der Waals surface area contributed by atoms with Crippen LogP contribution in [0.4, 0.5) is 4.79 Å². The molecule has 1 aromatic carbocycles. The molecule has 3 amide bonds. The summed E-state index contributed by atoms with van der Waals surface area (Å²) in [5.74, 6) is -0.374. The third-order valence-electron chi connectivity index (χ3n) is 2.41. The van der Waals surface area contributed by atoms with Crippen molar-refractivity contribution in [3.8, 4) is 0 Å². The van der Waals surface area contributed by atoms with E-state index >= 15 is 0 Å². The van der Waals surface area contributed by atoms with E-state index in [4.69, 9.17) is 5.73 Å². The molecule has 0 radical (unpaired) electrons. The van der Waals surface area contributed by atoms with Crippen LogP contribution < -0.4 is 11.1 Å². The molecule has 0 aromatic heterocycles. The first-order chi connectivity index (χ1) is 7.90. The van der Waals surface area contributed by atoms with Crippen molar-refractivity contribution < 1.29 is 9.59 Å². The van der Waals surface area contributed by atoms with E-state index in [1.807, 2.05) is 32.0 Å². The van der Waals surface area contributed by atoms with Crippen molar-refractivity contribution in [3.05, 3.63) is 29.3 Å². The molecule has 92 valence electrons. The molecule has 0 spiro atoms. The van der Waals surface area contributed by atoms with Gasteiger partial charge in [0.25, 0.3) is 0 Å². The fourth-order valence-electron chi connectivity index (χ4n) is 1.27.